The first-order chi connectivity index (χ1) is 59.3. The fourth-order valence-electron chi connectivity index (χ4n) is 11.1. The monoisotopic (exact) mass is 2250 g/mol. The molecule has 0 unspecified atom stereocenters. The Kier molecular flexibility index (Phi) is 43.9. The Morgan fingerprint density at radius 1 is 0.524 bits per heavy atom. The third kappa shape index (κ3) is 33.4. The number of aliphatic hydroxyl groups is 2. The number of aliphatic hydroxyl groups excluding tert-OH is 2. The standard InChI is InChI=1S/C18H12FIN2O4.C11H11FINO5S.C10H9FINO3.C10H10FNO3.C8H5NO2.C7H7F.C7H12O3.C6H6FN.C4H4INO2.K.H4N2O/c19-14-7-10(5-6-15(14)20)21-8-11(26-18(21)25)9-22-16(23)12-3-1-2-4-13(12)17(22)24;1-20(16,17)18-6-8-5-14(11(15)19-8)7-2-3-10(13)9(12)4-7;11-8-3-6(1-2-9(8)12)13-4-7(5-14)16-10(13)15;11-7-2-1-3-8(4-7)12-5-9(6-13)15-10(12)14;10-7-5-3-1-2-4-6(5)8(11)9-7;1-6-3-2-4-7(8)5-6;1-2-3-7(8)10-5-6-4-9-6;7-5-2-1-3-6(8)4-5;5-6-3(7)1-2-4(6)8;;1-2-3/h1-7,11H,8-9H2;2-4,8H,5-6H2,1H3;1-3,7,14H,4-5H2;1-4,9,13H,5-6H2;1-4H,(H,9,10,11);2-5H,1H3;6H,2-5H2,1H3;1-4H,8H2;1-2H2;;2-3H,1H2/q;;;;;;;;;+1;/p-1/t11-;8-;7-;9-;;;6-;;;;/m1111..1..../s1. The van der Waals surface area contributed by atoms with Gasteiger partial charge < -0.3 is 64.5 Å². The number of aryl methyl sites for hydroxylation is 1. The van der Waals surface area contributed by atoms with Gasteiger partial charge in [0.2, 0.25) is 11.8 Å². The van der Waals surface area contributed by atoms with Crippen molar-refractivity contribution in [3.63, 3.8) is 0 Å². The average Bonchev–Trinajstić information content (AvgIpc) is 1.63. The fourth-order valence-corrected chi connectivity index (χ4v) is 13.0. The summed E-state index contributed by atoms with van der Waals surface area (Å²) in [4.78, 5) is 131. The summed E-state index contributed by atoms with van der Waals surface area (Å²) in [7, 11) is -3.59. The normalized spacial score (nSPS) is 17.6. The molecule has 126 heavy (non-hydrogen) atoms. The molecule has 668 valence electrons. The first-order valence-corrected chi connectivity index (χ1v) is 42.9. The molecule has 0 saturated carbocycles. The maximum Gasteiger partial charge on any atom is 1.00 e. The van der Waals surface area contributed by atoms with Crippen molar-refractivity contribution < 1.29 is 187 Å². The topological polar surface area (TPSA) is 448 Å². The Morgan fingerprint density at radius 2 is 0.897 bits per heavy atom. The quantitative estimate of drug-likeness (QED) is 0.00452. The molecule has 5 atom stereocenters. The maximum absolute atomic E-state index is 13.8. The third-order valence-corrected chi connectivity index (χ3v) is 21.4. The van der Waals surface area contributed by atoms with Gasteiger partial charge in [-0.1, -0.05) is 67.6 Å². The van der Waals surface area contributed by atoms with Crippen LogP contribution in [0.5, 0.6) is 0 Å². The first-order valence-electron chi connectivity index (χ1n) is 36.9. The molecule has 8 aliphatic rings. The number of hydrazine groups is 1. The molecular weight excluding hydrogens is 2170 g/mol. The number of cyclic esters (lactones) is 4. The van der Waals surface area contributed by atoms with Gasteiger partial charge in [0.15, 0.2) is 0 Å². The molecule has 0 aliphatic carbocycles. The molecule has 8 heterocycles. The maximum atomic E-state index is 13.8. The number of nitrogens with one attached hydrogen (secondary N) is 1. The van der Waals surface area contributed by atoms with E-state index in [1.807, 2.05) is 87.7 Å². The summed E-state index contributed by atoms with van der Waals surface area (Å²) in [6, 6.07) is 44.6. The predicted octanol–water partition coefficient (Wildman–Crippen LogP) is 9.63. The van der Waals surface area contributed by atoms with Gasteiger partial charge in [-0.15, -0.1) is 5.59 Å². The van der Waals surface area contributed by atoms with E-state index in [4.69, 9.17) is 49.6 Å². The molecule has 0 radical (unpaired) electrons. The summed E-state index contributed by atoms with van der Waals surface area (Å²) in [6.07, 6.45) is -1.58. The number of nitrogens with zero attached hydrogens (tertiary/aromatic N) is 7. The zero-order chi connectivity index (χ0) is 91.9. The van der Waals surface area contributed by atoms with E-state index < -0.39 is 100.0 Å². The van der Waals surface area contributed by atoms with E-state index in [1.165, 1.54) is 85.9 Å². The van der Waals surface area contributed by atoms with Gasteiger partial charge in [0.1, 0.15) is 78.6 Å². The number of carbonyl (C=O) groups excluding carboxylic acids is 11. The van der Waals surface area contributed by atoms with Crippen molar-refractivity contribution in [1.29, 1.82) is 0 Å². The van der Waals surface area contributed by atoms with Crippen LogP contribution < -0.4 is 88.1 Å². The van der Waals surface area contributed by atoms with E-state index in [9.17, 15) is 87.5 Å². The van der Waals surface area contributed by atoms with Gasteiger partial charge in [-0.05, 0) is 202 Å². The van der Waals surface area contributed by atoms with Crippen LogP contribution in [0.25, 0.3) is 5.32 Å². The number of anilines is 5. The first kappa shape index (κ1) is 106. The van der Waals surface area contributed by atoms with Crippen molar-refractivity contribution >= 4 is 195 Å². The molecule has 10 amide bonds. The van der Waals surface area contributed by atoms with Gasteiger partial charge in [0.05, 0.1) is 127 Å². The number of ether oxygens (including phenoxy) is 6. The number of halogens is 10. The summed E-state index contributed by atoms with van der Waals surface area (Å²) in [5.41, 5.74) is 11.0. The number of nitrogen functional groups attached to an aromatic ring is 1. The second-order valence-corrected chi connectivity index (χ2v) is 32.7. The van der Waals surface area contributed by atoms with Crippen LogP contribution in [0.3, 0.4) is 0 Å². The fraction of sp³-hybridized carbons (Fsp3) is 0.272. The van der Waals surface area contributed by atoms with Gasteiger partial charge in [0.25, 0.3) is 21.9 Å². The molecule has 16 rings (SSSR count). The SMILES string of the molecule is CCCC(=O)OC[C@H]1CO1.CS(=O)(=O)OC[C@H]1CN(c2ccc(I)c(F)c2)C(=O)O1.Cc1cccc(F)c1.NNO.Nc1cccc(F)c1.O=C1CCC(=O)N1I.O=C1O[C@@H](CO)CN1c1ccc(I)c(F)c1.O=C1O[C@@H](CO)CN1c1cccc(F)c1.O=C1[N-]C(=O)c2ccccc21.O=C1c2ccccc2C(=O)N1C[C@H]1CN(c2ccc(I)c(F)c2)C(=O)O1.[K+]. The van der Waals surface area contributed by atoms with Crippen molar-refractivity contribution in [1.82, 2.24) is 13.6 Å². The minimum absolute atomic E-state index is 0. The van der Waals surface area contributed by atoms with E-state index in [0.717, 1.165) is 32.9 Å². The molecule has 8 aromatic carbocycles. The van der Waals surface area contributed by atoms with Gasteiger partial charge in [-0.3, -0.25) is 52.7 Å². The Labute approximate surface area is 814 Å². The second kappa shape index (κ2) is 52.1. The average molecular weight is 2250 g/mol. The Morgan fingerprint density at radius 3 is 1.23 bits per heavy atom. The largest absolute Gasteiger partial charge is 1.00 e. The van der Waals surface area contributed by atoms with Gasteiger partial charge in [-0.2, -0.15) is 8.42 Å². The zero-order valence-corrected chi connectivity index (χ0v) is 79.6. The van der Waals surface area contributed by atoms with Crippen molar-refractivity contribution in [2.75, 3.05) is 97.3 Å². The number of nitrogens with two attached hydrogens (primary N) is 2. The number of benzene rings is 8. The van der Waals surface area contributed by atoms with Crippen LogP contribution in [0.2, 0.25) is 0 Å². The zero-order valence-electron chi connectivity index (χ0n) is 67.0. The van der Waals surface area contributed by atoms with Crippen LogP contribution >= 0.6 is 90.6 Å². The summed E-state index contributed by atoms with van der Waals surface area (Å²) >= 11 is 7.29. The van der Waals surface area contributed by atoms with Crippen LogP contribution in [-0.2, 0) is 57.1 Å². The molecule has 6 saturated heterocycles. The molecule has 8 aliphatic heterocycles. The Hall–Kier alpha value is -8.66. The Balaban J connectivity index is 0.000000224. The van der Waals surface area contributed by atoms with Gasteiger partial charge in [0, 0.05) is 46.8 Å². The summed E-state index contributed by atoms with van der Waals surface area (Å²) in [5.74, 6) is 0.133. The molecule has 6 fully saturated rings. The molecule has 0 bridgehead atoms. The van der Waals surface area contributed by atoms with Crippen molar-refractivity contribution in [2.45, 2.75) is 70.1 Å². The number of amides is 10. The number of hydrogen-bond donors (Lipinski definition) is 6. The molecule has 33 nitrogen and oxygen atoms in total. The van der Waals surface area contributed by atoms with Crippen molar-refractivity contribution in [2.24, 2.45) is 5.84 Å². The van der Waals surface area contributed by atoms with Crippen LogP contribution in [0.1, 0.15) is 79.6 Å². The Bertz CT molecular complexity index is 5160. The molecule has 8 aromatic rings. The number of epoxide rings is 1. The molecule has 0 spiro atoms. The number of rotatable bonds is 15. The summed E-state index contributed by atoms with van der Waals surface area (Å²) < 4.78 is 136. The number of imide groups is 3. The van der Waals surface area contributed by atoms with E-state index in [-0.39, 0.29) is 145 Å². The molecule has 8 N–H and O–H groups in total. The molecular formula is C81H79F6I4KN10O23S. The number of esters is 1. The smallest absolute Gasteiger partial charge is 0.587 e. The van der Waals surface area contributed by atoms with Gasteiger partial charge in [-0.25, -0.2) is 54.5 Å². The van der Waals surface area contributed by atoms with E-state index in [2.05, 4.69) is 15.3 Å². The number of carbonyl (C=O) groups is 11. The second-order valence-electron chi connectivity index (χ2n) is 26.6. The van der Waals surface area contributed by atoms with E-state index in [0.29, 0.717) is 87.3 Å². The third-order valence-electron chi connectivity index (χ3n) is 17.1. The predicted molar refractivity (Wildman–Crippen MR) is 471 cm³/mol. The summed E-state index contributed by atoms with van der Waals surface area (Å²) in [6.45, 7) is 4.99. The van der Waals surface area contributed by atoms with Crippen LogP contribution in [0.4, 0.5) is 74.0 Å². The minimum Gasteiger partial charge on any atom is -0.587 e. The number of fused-ring (bicyclic) bond motifs is 2. The van der Waals surface area contributed by atoms with Crippen molar-refractivity contribution in [3.05, 3.63) is 255 Å². The molecule has 0 aromatic heterocycles. The van der Waals surface area contributed by atoms with Crippen LogP contribution in [-0.4, -0.2) is 200 Å². The van der Waals surface area contributed by atoms with Crippen LogP contribution in [0, 0.1) is 52.5 Å². The van der Waals surface area contributed by atoms with Gasteiger partial charge >= 0.3 is 81.7 Å². The minimum atomic E-state index is -3.59. The van der Waals surface area contributed by atoms with E-state index in [1.54, 1.807) is 132 Å². The number of hydrogen-bond acceptors (Lipinski definition) is 26. The molecule has 45 heteroatoms. The van der Waals surface area contributed by atoms with E-state index >= 15 is 0 Å². The van der Waals surface area contributed by atoms with Crippen LogP contribution in [0.15, 0.2) is 176 Å². The van der Waals surface area contributed by atoms with Crippen molar-refractivity contribution in [3.8, 4) is 0 Å². The summed E-state index contributed by atoms with van der Waals surface area (Å²) in [5, 5.41) is 28.1.